The van der Waals surface area contributed by atoms with Gasteiger partial charge in [-0.1, -0.05) is 6.42 Å². The summed E-state index contributed by atoms with van der Waals surface area (Å²) in [4.78, 5) is 19.8. The minimum atomic E-state index is 0.135. The lowest BCUT2D eigenvalue weighted by Gasteiger charge is -2.41. The molecule has 1 amide bonds. The molecule has 138 valence electrons. The van der Waals surface area contributed by atoms with E-state index in [-0.39, 0.29) is 6.04 Å². The van der Waals surface area contributed by atoms with E-state index in [0.29, 0.717) is 18.1 Å². The number of morpholine rings is 1. The Bertz CT molecular complexity index is 413. The SMILES string of the molecule is CC1CN(CC2CCN(C(=O)C3CCCCN3C)CC2)CC(C)O1. The van der Waals surface area contributed by atoms with Crippen molar-refractivity contribution >= 4 is 5.91 Å². The fourth-order valence-electron chi connectivity index (χ4n) is 4.73. The molecular weight excluding hydrogens is 302 g/mol. The van der Waals surface area contributed by atoms with Gasteiger partial charge in [0.15, 0.2) is 0 Å². The van der Waals surface area contributed by atoms with Crippen molar-refractivity contribution in [1.29, 1.82) is 0 Å². The van der Waals surface area contributed by atoms with Crippen LogP contribution in [-0.2, 0) is 9.53 Å². The molecule has 5 nitrogen and oxygen atoms in total. The van der Waals surface area contributed by atoms with Crippen molar-refractivity contribution in [3.8, 4) is 0 Å². The Morgan fingerprint density at radius 2 is 1.67 bits per heavy atom. The second kappa shape index (κ2) is 8.15. The van der Waals surface area contributed by atoms with Crippen LogP contribution in [0.25, 0.3) is 0 Å². The highest BCUT2D eigenvalue weighted by Crippen LogP contribution is 2.24. The van der Waals surface area contributed by atoms with Crippen LogP contribution in [0.3, 0.4) is 0 Å². The lowest BCUT2D eigenvalue weighted by molar-refractivity contribution is -0.139. The highest BCUT2D eigenvalue weighted by Gasteiger charge is 2.33. The molecule has 0 radical (unpaired) electrons. The van der Waals surface area contributed by atoms with Crippen molar-refractivity contribution in [3.05, 3.63) is 0 Å². The Kier molecular flexibility index (Phi) is 6.17. The summed E-state index contributed by atoms with van der Waals surface area (Å²) in [6.07, 6.45) is 6.47. The van der Waals surface area contributed by atoms with Crippen LogP contribution < -0.4 is 0 Å². The number of piperidine rings is 2. The van der Waals surface area contributed by atoms with Crippen molar-refractivity contribution in [3.63, 3.8) is 0 Å². The van der Waals surface area contributed by atoms with Gasteiger partial charge < -0.3 is 9.64 Å². The molecular formula is C19H35N3O2. The van der Waals surface area contributed by atoms with Gasteiger partial charge in [0, 0.05) is 32.7 Å². The summed E-state index contributed by atoms with van der Waals surface area (Å²) in [5, 5.41) is 0. The molecule has 0 aromatic heterocycles. The van der Waals surface area contributed by atoms with Gasteiger partial charge in [0.1, 0.15) is 0 Å². The van der Waals surface area contributed by atoms with E-state index in [4.69, 9.17) is 4.74 Å². The zero-order valence-electron chi connectivity index (χ0n) is 15.7. The molecule has 3 heterocycles. The van der Waals surface area contributed by atoms with Gasteiger partial charge in [0.2, 0.25) is 5.91 Å². The van der Waals surface area contributed by atoms with E-state index in [0.717, 1.165) is 57.9 Å². The molecule has 3 fully saturated rings. The number of hydrogen-bond acceptors (Lipinski definition) is 4. The molecule has 5 heteroatoms. The van der Waals surface area contributed by atoms with Crippen molar-refractivity contribution in [2.24, 2.45) is 5.92 Å². The summed E-state index contributed by atoms with van der Waals surface area (Å²) in [6.45, 7) is 10.6. The molecule has 0 spiro atoms. The summed E-state index contributed by atoms with van der Waals surface area (Å²) in [6, 6.07) is 0.135. The first-order valence-electron chi connectivity index (χ1n) is 9.89. The van der Waals surface area contributed by atoms with E-state index in [9.17, 15) is 4.79 Å². The number of likely N-dealkylation sites (tertiary alicyclic amines) is 2. The molecule has 0 saturated carbocycles. The Balaban J connectivity index is 1.44. The number of rotatable bonds is 3. The average molecular weight is 338 g/mol. The molecule has 24 heavy (non-hydrogen) atoms. The molecule has 3 unspecified atom stereocenters. The third-order valence-electron chi connectivity index (χ3n) is 5.99. The standard InChI is InChI=1S/C19H35N3O2/c1-15-12-21(13-16(2)24-15)14-17-7-10-22(11-8-17)19(23)18-6-4-5-9-20(18)3/h15-18H,4-14H2,1-3H3. The smallest absolute Gasteiger partial charge is 0.239 e. The highest BCUT2D eigenvalue weighted by molar-refractivity contribution is 5.82. The van der Waals surface area contributed by atoms with Gasteiger partial charge in [-0.05, 0) is 59.0 Å². The van der Waals surface area contributed by atoms with E-state index in [1.807, 2.05) is 0 Å². The molecule has 3 rings (SSSR count). The van der Waals surface area contributed by atoms with Gasteiger partial charge in [-0.15, -0.1) is 0 Å². The number of carbonyl (C=O) groups excluding carboxylic acids is 1. The van der Waals surface area contributed by atoms with Crippen LogP contribution in [0.15, 0.2) is 0 Å². The average Bonchev–Trinajstić information content (AvgIpc) is 2.54. The predicted molar refractivity (Wildman–Crippen MR) is 96.0 cm³/mol. The summed E-state index contributed by atoms with van der Waals surface area (Å²) in [5.41, 5.74) is 0. The van der Waals surface area contributed by atoms with E-state index < -0.39 is 0 Å². The Morgan fingerprint density at radius 1 is 1.00 bits per heavy atom. The maximum absolute atomic E-state index is 12.8. The Labute approximate surface area is 147 Å². The molecule has 3 aliphatic heterocycles. The number of nitrogens with zero attached hydrogens (tertiary/aromatic N) is 3. The lowest BCUT2D eigenvalue weighted by Crippen LogP contribution is -2.52. The van der Waals surface area contributed by atoms with Gasteiger partial charge in [-0.25, -0.2) is 0 Å². The number of hydrogen-bond donors (Lipinski definition) is 0. The van der Waals surface area contributed by atoms with Crippen LogP contribution in [-0.4, -0.2) is 85.2 Å². The van der Waals surface area contributed by atoms with Crippen molar-refractivity contribution < 1.29 is 9.53 Å². The Hall–Kier alpha value is -0.650. The van der Waals surface area contributed by atoms with Crippen LogP contribution in [0.2, 0.25) is 0 Å². The van der Waals surface area contributed by atoms with Crippen LogP contribution in [0, 0.1) is 5.92 Å². The van der Waals surface area contributed by atoms with E-state index in [1.165, 1.54) is 19.4 Å². The summed E-state index contributed by atoms with van der Waals surface area (Å²) in [5.74, 6) is 1.11. The first-order valence-corrected chi connectivity index (χ1v) is 9.89. The third kappa shape index (κ3) is 4.50. The number of amides is 1. The second-order valence-electron chi connectivity index (χ2n) is 8.24. The maximum atomic E-state index is 12.8. The topological polar surface area (TPSA) is 36.0 Å². The quantitative estimate of drug-likeness (QED) is 0.787. The molecule has 0 aliphatic carbocycles. The highest BCUT2D eigenvalue weighted by atomic mass is 16.5. The van der Waals surface area contributed by atoms with Crippen molar-refractivity contribution in [2.75, 3.05) is 46.3 Å². The number of carbonyl (C=O) groups is 1. The van der Waals surface area contributed by atoms with Gasteiger partial charge in [-0.3, -0.25) is 14.6 Å². The number of likely N-dealkylation sites (N-methyl/N-ethyl adjacent to an activating group) is 1. The van der Waals surface area contributed by atoms with E-state index in [2.05, 4.69) is 35.6 Å². The minimum Gasteiger partial charge on any atom is -0.373 e. The fourth-order valence-corrected chi connectivity index (χ4v) is 4.73. The zero-order valence-corrected chi connectivity index (χ0v) is 15.7. The molecule has 3 saturated heterocycles. The normalized spacial score (nSPS) is 34.5. The molecule has 0 N–H and O–H groups in total. The summed E-state index contributed by atoms with van der Waals surface area (Å²) >= 11 is 0. The van der Waals surface area contributed by atoms with Crippen LogP contribution in [0.1, 0.15) is 46.0 Å². The first kappa shape index (κ1) is 18.2. The molecule has 0 bridgehead atoms. The second-order valence-corrected chi connectivity index (χ2v) is 8.24. The minimum absolute atomic E-state index is 0.135. The van der Waals surface area contributed by atoms with Crippen molar-refractivity contribution in [2.45, 2.75) is 64.2 Å². The van der Waals surface area contributed by atoms with Gasteiger partial charge in [0.05, 0.1) is 18.2 Å². The molecule has 3 aliphatic rings. The first-order chi connectivity index (χ1) is 11.5. The largest absolute Gasteiger partial charge is 0.373 e. The third-order valence-corrected chi connectivity index (χ3v) is 5.99. The number of ether oxygens (including phenoxy) is 1. The monoisotopic (exact) mass is 337 g/mol. The van der Waals surface area contributed by atoms with Gasteiger partial charge in [-0.2, -0.15) is 0 Å². The Morgan fingerprint density at radius 3 is 2.29 bits per heavy atom. The van der Waals surface area contributed by atoms with Crippen LogP contribution in [0.5, 0.6) is 0 Å². The molecule has 3 atom stereocenters. The van der Waals surface area contributed by atoms with Crippen molar-refractivity contribution in [1.82, 2.24) is 14.7 Å². The molecule has 0 aromatic carbocycles. The van der Waals surface area contributed by atoms with E-state index in [1.54, 1.807) is 0 Å². The summed E-state index contributed by atoms with van der Waals surface area (Å²) in [7, 11) is 2.11. The zero-order chi connectivity index (χ0) is 17.1. The van der Waals surface area contributed by atoms with Crippen LogP contribution >= 0.6 is 0 Å². The van der Waals surface area contributed by atoms with Gasteiger partial charge in [0.25, 0.3) is 0 Å². The van der Waals surface area contributed by atoms with E-state index >= 15 is 0 Å². The van der Waals surface area contributed by atoms with Crippen LogP contribution in [0.4, 0.5) is 0 Å². The maximum Gasteiger partial charge on any atom is 0.239 e. The predicted octanol–water partition coefficient (Wildman–Crippen LogP) is 1.82. The molecule has 0 aromatic rings. The fraction of sp³-hybridized carbons (Fsp3) is 0.947. The van der Waals surface area contributed by atoms with Gasteiger partial charge >= 0.3 is 0 Å². The lowest BCUT2D eigenvalue weighted by atomic mass is 9.94. The summed E-state index contributed by atoms with van der Waals surface area (Å²) < 4.78 is 5.83.